The van der Waals surface area contributed by atoms with E-state index in [1.54, 1.807) is 47.8 Å². The second kappa shape index (κ2) is 12.9. The first-order chi connectivity index (χ1) is 11.5. The maximum absolute atomic E-state index is 8.89. The van der Waals surface area contributed by atoms with Crippen molar-refractivity contribution in [2.75, 3.05) is 11.5 Å². The van der Waals surface area contributed by atoms with E-state index in [1.807, 2.05) is 38.1 Å². The normalized spacial score (nSPS) is 9.36. The molecule has 2 aromatic rings. The van der Waals surface area contributed by atoms with E-state index in [9.17, 15) is 0 Å². The predicted octanol–water partition coefficient (Wildman–Crippen LogP) is 4.41. The molecule has 4 N–H and O–H groups in total. The quantitative estimate of drug-likeness (QED) is 0.408. The standard InChI is InChI=1S/2C9H10O2S.Ni/c2*1-2-12-8-6-4-3-5-7(8)9(10)11;/h2*3-6H,2H2,1H3,(H,10,11);/p+2. The Bertz CT molecular complexity index is 633. The predicted molar refractivity (Wildman–Crippen MR) is 103 cm³/mol. The van der Waals surface area contributed by atoms with Crippen molar-refractivity contribution in [2.24, 2.45) is 0 Å². The number of benzene rings is 2. The minimum absolute atomic E-state index is 0. The van der Waals surface area contributed by atoms with E-state index in [-0.39, 0.29) is 16.5 Å². The monoisotopic (exact) mass is 424 g/mol. The molecule has 0 atom stereocenters. The molecular weight excluding hydrogens is 403 g/mol. The van der Waals surface area contributed by atoms with Crippen LogP contribution in [0.5, 0.6) is 0 Å². The van der Waals surface area contributed by atoms with Gasteiger partial charge in [-0.25, -0.2) is 0 Å². The average Bonchev–Trinajstić information content (AvgIpc) is 2.57. The maximum Gasteiger partial charge on any atom is 0.516 e. The molecule has 0 spiro atoms. The van der Waals surface area contributed by atoms with E-state index in [1.165, 1.54) is 0 Å². The Labute approximate surface area is 166 Å². The molecule has 0 aliphatic carbocycles. The van der Waals surface area contributed by atoms with Crippen LogP contribution in [0.4, 0.5) is 0 Å². The van der Waals surface area contributed by atoms with Gasteiger partial charge in [0.15, 0.2) is 0 Å². The van der Waals surface area contributed by atoms with Crippen LogP contribution in [0.2, 0.25) is 0 Å². The smallest absolute Gasteiger partial charge is 0.335 e. The molecule has 2 aromatic carbocycles. The van der Waals surface area contributed by atoms with Crippen molar-refractivity contribution >= 4 is 35.5 Å². The molecule has 0 fully saturated rings. The number of aromatic carboxylic acids is 2. The van der Waals surface area contributed by atoms with Gasteiger partial charge in [0.25, 0.3) is 0 Å². The van der Waals surface area contributed by atoms with E-state index < -0.39 is 11.9 Å². The van der Waals surface area contributed by atoms with E-state index in [2.05, 4.69) is 0 Å². The van der Waals surface area contributed by atoms with Crippen LogP contribution in [0.25, 0.3) is 0 Å². The molecule has 0 aliphatic rings. The molecule has 0 amide bonds. The van der Waals surface area contributed by atoms with Gasteiger partial charge in [0, 0.05) is 26.3 Å². The van der Waals surface area contributed by atoms with Gasteiger partial charge in [-0.15, -0.1) is 23.5 Å². The third-order valence-electron chi connectivity index (χ3n) is 2.86. The summed E-state index contributed by atoms with van der Waals surface area (Å²) < 4.78 is 0. The molecule has 0 aromatic heterocycles. The van der Waals surface area contributed by atoms with Gasteiger partial charge in [0.05, 0.1) is 0 Å². The maximum atomic E-state index is 8.89. The van der Waals surface area contributed by atoms with Crippen molar-refractivity contribution < 1.29 is 36.3 Å². The number of aliphatic hydroxyl groups excluding tert-OH is 2. The summed E-state index contributed by atoms with van der Waals surface area (Å²) in [6.07, 6.45) is 0. The number of rotatable bonds is 6. The zero-order valence-corrected chi connectivity index (χ0v) is 16.6. The van der Waals surface area contributed by atoms with Crippen LogP contribution in [0.1, 0.15) is 25.0 Å². The van der Waals surface area contributed by atoms with Crippen molar-refractivity contribution in [3.63, 3.8) is 0 Å². The number of carboxylic acids is 2. The van der Waals surface area contributed by atoms with Crippen LogP contribution in [0.3, 0.4) is 0 Å². The zero-order valence-electron chi connectivity index (χ0n) is 14.0. The number of hydrogen-bond acceptors (Lipinski definition) is 2. The number of hydrogen-bond donors (Lipinski definition) is 2. The first-order valence-electron chi connectivity index (χ1n) is 7.45. The topological polar surface area (TPSA) is 83.3 Å². The summed E-state index contributed by atoms with van der Waals surface area (Å²) in [6.45, 7) is 4.05. The van der Waals surface area contributed by atoms with Crippen molar-refractivity contribution in [1.82, 2.24) is 0 Å². The Hall–Kier alpha value is -1.43. The fraction of sp³-hybridized carbons (Fsp3) is 0.222. The van der Waals surface area contributed by atoms with Crippen LogP contribution in [0.15, 0.2) is 58.3 Å². The molecule has 7 heteroatoms. The molecule has 2 rings (SSSR count). The summed E-state index contributed by atoms with van der Waals surface area (Å²) in [4.78, 5) is 19.6. The van der Waals surface area contributed by atoms with Gasteiger partial charge >= 0.3 is 11.9 Å². The molecule has 138 valence electrons. The molecule has 0 heterocycles. The molecule has 0 bridgehead atoms. The Morgan fingerprint density at radius 2 is 1.08 bits per heavy atom. The largest absolute Gasteiger partial charge is 0.516 e. The summed E-state index contributed by atoms with van der Waals surface area (Å²) in [7, 11) is 0. The number of carboxylic acid groups (broad SMARTS) is 2. The summed E-state index contributed by atoms with van der Waals surface area (Å²) in [5, 5.41) is 17.8. The van der Waals surface area contributed by atoms with E-state index in [0.717, 1.165) is 21.3 Å². The fourth-order valence-electron chi connectivity index (χ4n) is 1.87. The van der Waals surface area contributed by atoms with Gasteiger partial charge in [0.1, 0.15) is 11.1 Å². The molecule has 0 radical (unpaired) electrons. The molecular formula is C18H22NiO4S2+2. The van der Waals surface area contributed by atoms with Crippen LogP contribution in [-0.2, 0) is 16.5 Å². The number of thioether (sulfide) groups is 2. The summed E-state index contributed by atoms with van der Waals surface area (Å²) in [5.74, 6) is 0.632. The Morgan fingerprint density at radius 3 is 1.36 bits per heavy atom. The summed E-state index contributed by atoms with van der Waals surface area (Å²) >= 11 is 3.18. The molecule has 4 nitrogen and oxygen atoms in total. The molecule has 0 aliphatic heterocycles. The van der Waals surface area contributed by atoms with Crippen molar-refractivity contribution in [2.45, 2.75) is 23.6 Å². The fourth-order valence-corrected chi connectivity index (χ4v) is 3.47. The van der Waals surface area contributed by atoms with E-state index in [4.69, 9.17) is 19.8 Å². The van der Waals surface area contributed by atoms with Crippen molar-refractivity contribution in [3.05, 3.63) is 59.7 Å². The molecule has 25 heavy (non-hydrogen) atoms. The molecule has 0 unspecified atom stereocenters. The Morgan fingerprint density at radius 1 is 0.760 bits per heavy atom. The van der Waals surface area contributed by atoms with E-state index in [0.29, 0.717) is 11.1 Å². The Balaban J connectivity index is 0.000000443. The third kappa shape index (κ3) is 7.99. The van der Waals surface area contributed by atoms with Gasteiger partial charge < -0.3 is 19.8 Å². The molecule has 0 saturated heterocycles. The minimum Gasteiger partial charge on any atom is -0.335 e. The second-order valence-corrected chi connectivity index (χ2v) is 7.12. The summed E-state index contributed by atoms with van der Waals surface area (Å²) in [6, 6.07) is 14.4. The van der Waals surface area contributed by atoms with Gasteiger partial charge in [-0.05, 0) is 35.8 Å². The minimum atomic E-state index is -0.605. The van der Waals surface area contributed by atoms with E-state index >= 15 is 0 Å². The third-order valence-corrected chi connectivity index (χ3v) is 4.77. The van der Waals surface area contributed by atoms with Crippen LogP contribution in [0, 0.1) is 0 Å². The molecule has 0 saturated carbocycles. The van der Waals surface area contributed by atoms with Crippen molar-refractivity contribution in [1.29, 1.82) is 0 Å². The van der Waals surface area contributed by atoms with Gasteiger partial charge in [-0.2, -0.15) is 0 Å². The summed E-state index contributed by atoms with van der Waals surface area (Å²) in [5.41, 5.74) is 1.01. The SMILES string of the molecule is CCSc1ccccc1C(O)=[OH+].CCSc1ccccc1C(O)=[OH+].[Ni]. The van der Waals surface area contributed by atoms with Crippen LogP contribution >= 0.6 is 23.5 Å². The second-order valence-electron chi connectivity index (χ2n) is 4.51. The first kappa shape index (κ1) is 23.6. The zero-order chi connectivity index (χ0) is 17.9. The first-order valence-corrected chi connectivity index (χ1v) is 9.42. The van der Waals surface area contributed by atoms with Crippen molar-refractivity contribution in [3.8, 4) is 0 Å². The van der Waals surface area contributed by atoms with Crippen LogP contribution in [-0.4, -0.2) is 43.2 Å². The van der Waals surface area contributed by atoms with Gasteiger partial charge in [-0.1, -0.05) is 38.1 Å². The Kier molecular flexibility index (Phi) is 12.1. The average molecular weight is 425 g/mol. The van der Waals surface area contributed by atoms with Crippen LogP contribution < -0.4 is 0 Å². The van der Waals surface area contributed by atoms with Gasteiger partial charge in [-0.3, -0.25) is 0 Å². The van der Waals surface area contributed by atoms with Gasteiger partial charge in [0.2, 0.25) is 0 Å².